The van der Waals surface area contributed by atoms with Crippen LogP contribution in [0.15, 0.2) is 42.6 Å². The molecule has 1 aromatic carbocycles. The van der Waals surface area contributed by atoms with Crippen molar-refractivity contribution in [3.05, 3.63) is 59.3 Å². The first kappa shape index (κ1) is 10.6. The molecule has 16 heavy (non-hydrogen) atoms. The summed E-state index contributed by atoms with van der Waals surface area (Å²) < 4.78 is 0. The number of aromatic nitrogens is 1. The maximum Gasteiger partial charge on any atom is 0.126 e. The van der Waals surface area contributed by atoms with E-state index in [2.05, 4.69) is 4.98 Å². The van der Waals surface area contributed by atoms with Crippen LogP contribution in [0.5, 0.6) is 0 Å². The Hall–Kier alpha value is -1.87. The normalized spacial score (nSPS) is 12.4. The van der Waals surface area contributed by atoms with E-state index in [0.717, 1.165) is 16.7 Å². The van der Waals surface area contributed by atoms with Crippen molar-refractivity contribution in [1.29, 1.82) is 0 Å². The Morgan fingerprint density at radius 2 is 1.81 bits per heavy atom. The summed E-state index contributed by atoms with van der Waals surface area (Å²) >= 11 is 0. The molecule has 1 heterocycles. The van der Waals surface area contributed by atoms with Crippen LogP contribution >= 0.6 is 0 Å². The van der Waals surface area contributed by atoms with Crippen molar-refractivity contribution in [3.63, 3.8) is 0 Å². The van der Waals surface area contributed by atoms with Crippen molar-refractivity contribution < 1.29 is 0 Å². The minimum atomic E-state index is -0.145. The Labute approximate surface area is 95.1 Å². The second kappa shape index (κ2) is 4.33. The number of benzene rings is 1. The van der Waals surface area contributed by atoms with Gasteiger partial charge in [-0.2, -0.15) is 0 Å². The van der Waals surface area contributed by atoms with Crippen molar-refractivity contribution in [2.75, 3.05) is 5.73 Å². The van der Waals surface area contributed by atoms with Crippen LogP contribution in [0.1, 0.15) is 22.7 Å². The van der Waals surface area contributed by atoms with Gasteiger partial charge in [0.1, 0.15) is 5.82 Å². The Kier molecular flexibility index (Phi) is 2.88. The van der Waals surface area contributed by atoms with Crippen molar-refractivity contribution in [1.82, 2.24) is 4.98 Å². The van der Waals surface area contributed by atoms with Gasteiger partial charge in [0.15, 0.2) is 0 Å². The Bertz CT molecular complexity index is 480. The minimum absolute atomic E-state index is 0.145. The molecular weight excluding hydrogens is 198 g/mol. The van der Waals surface area contributed by atoms with Crippen molar-refractivity contribution in [3.8, 4) is 0 Å². The third kappa shape index (κ3) is 2.04. The molecule has 2 rings (SSSR count). The van der Waals surface area contributed by atoms with E-state index in [-0.39, 0.29) is 6.04 Å². The van der Waals surface area contributed by atoms with Crippen LogP contribution in [0, 0.1) is 6.92 Å². The van der Waals surface area contributed by atoms with E-state index in [1.54, 1.807) is 6.20 Å². The van der Waals surface area contributed by atoms with Gasteiger partial charge in [0.2, 0.25) is 0 Å². The van der Waals surface area contributed by atoms with Crippen LogP contribution in [0.3, 0.4) is 0 Å². The summed E-state index contributed by atoms with van der Waals surface area (Å²) in [5.41, 5.74) is 14.9. The zero-order valence-corrected chi connectivity index (χ0v) is 9.22. The molecule has 1 atom stereocenters. The molecule has 4 N–H and O–H groups in total. The van der Waals surface area contributed by atoms with Crippen LogP contribution in [-0.4, -0.2) is 4.98 Å². The molecule has 0 saturated heterocycles. The van der Waals surface area contributed by atoms with Gasteiger partial charge in [-0.25, -0.2) is 4.98 Å². The molecule has 0 bridgehead atoms. The van der Waals surface area contributed by atoms with Gasteiger partial charge in [0, 0.05) is 6.20 Å². The van der Waals surface area contributed by atoms with Crippen molar-refractivity contribution in [2.24, 2.45) is 5.73 Å². The van der Waals surface area contributed by atoms with Crippen molar-refractivity contribution in [2.45, 2.75) is 13.0 Å². The second-order valence-corrected chi connectivity index (χ2v) is 3.86. The van der Waals surface area contributed by atoms with E-state index in [0.29, 0.717) is 5.82 Å². The Morgan fingerprint density at radius 3 is 2.44 bits per heavy atom. The third-order valence-corrected chi connectivity index (χ3v) is 2.66. The van der Waals surface area contributed by atoms with E-state index < -0.39 is 0 Å². The number of nitrogens with two attached hydrogens (primary N) is 2. The van der Waals surface area contributed by atoms with Crippen LogP contribution < -0.4 is 11.5 Å². The Balaban J connectivity index is 2.34. The highest BCUT2D eigenvalue weighted by Gasteiger charge is 2.09. The SMILES string of the molecule is Cc1cc([C@@H](N)c2ccccc2)cnc1N. The predicted octanol–water partition coefficient (Wildman–Crippen LogP) is 2.02. The summed E-state index contributed by atoms with van der Waals surface area (Å²) in [5.74, 6) is 0.559. The standard InChI is InChI=1S/C13H15N3/c1-9-7-11(8-16-13(9)15)12(14)10-5-3-2-4-6-10/h2-8,12H,14H2,1H3,(H2,15,16)/t12-/m0/s1. The quantitative estimate of drug-likeness (QED) is 0.802. The van der Waals surface area contributed by atoms with Crippen LogP contribution in [0.4, 0.5) is 5.82 Å². The van der Waals surface area contributed by atoms with Crippen LogP contribution in [0.2, 0.25) is 0 Å². The van der Waals surface area contributed by atoms with Crippen molar-refractivity contribution >= 4 is 5.82 Å². The predicted molar refractivity (Wildman–Crippen MR) is 65.9 cm³/mol. The van der Waals surface area contributed by atoms with Gasteiger partial charge < -0.3 is 11.5 Å². The molecule has 0 spiro atoms. The lowest BCUT2D eigenvalue weighted by molar-refractivity contribution is 0.861. The lowest BCUT2D eigenvalue weighted by atomic mass is 10.0. The largest absolute Gasteiger partial charge is 0.383 e. The van der Waals surface area contributed by atoms with E-state index in [4.69, 9.17) is 11.5 Å². The number of rotatable bonds is 2. The Morgan fingerprint density at radius 1 is 1.12 bits per heavy atom. The maximum absolute atomic E-state index is 6.15. The zero-order valence-electron chi connectivity index (χ0n) is 9.22. The third-order valence-electron chi connectivity index (χ3n) is 2.66. The van der Waals surface area contributed by atoms with Gasteiger partial charge >= 0.3 is 0 Å². The van der Waals surface area contributed by atoms with Gasteiger partial charge in [-0.15, -0.1) is 0 Å². The summed E-state index contributed by atoms with van der Waals surface area (Å²) in [5, 5.41) is 0. The molecule has 82 valence electrons. The monoisotopic (exact) mass is 213 g/mol. The molecule has 2 aromatic rings. The average Bonchev–Trinajstić information content (AvgIpc) is 2.33. The van der Waals surface area contributed by atoms with Gasteiger partial charge in [-0.3, -0.25) is 0 Å². The number of hydrogen-bond donors (Lipinski definition) is 2. The average molecular weight is 213 g/mol. The lowest BCUT2D eigenvalue weighted by Gasteiger charge is -2.13. The van der Waals surface area contributed by atoms with Crippen LogP contribution in [-0.2, 0) is 0 Å². The molecule has 0 aliphatic rings. The lowest BCUT2D eigenvalue weighted by Crippen LogP contribution is -2.12. The molecule has 0 radical (unpaired) electrons. The fourth-order valence-corrected chi connectivity index (χ4v) is 1.63. The molecule has 0 fully saturated rings. The molecule has 3 heteroatoms. The number of hydrogen-bond acceptors (Lipinski definition) is 3. The highest BCUT2D eigenvalue weighted by Crippen LogP contribution is 2.20. The molecular formula is C13H15N3. The highest BCUT2D eigenvalue weighted by atomic mass is 14.8. The number of nitrogens with zero attached hydrogens (tertiary/aromatic N) is 1. The highest BCUT2D eigenvalue weighted by molar-refractivity contribution is 5.42. The van der Waals surface area contributed by atoms with Gasteiger partial charge in [0.05, 0.1) is 6.04 Å². The van der Waals surface area contributed by atoms with Gasteiger partial charge in [0.25, 0.3) is 0 Å². The smallest absolute Gasteiger partial charge is 0.126 e. The topological polar surface area (TPSA) is 64.9 Å². The minimum Gasteiger partial charge on any atom is -0.383 e. The molecule has 3 nitrogen and oxygen atoms in total. The number of anilines is 1. The van der Waals surface area contributed by atoms with E-state index in [1.165, 1.54) is 0 Å². The molecule has 0 aliphatic carbocycles. The summed E-state index contributed by atoms with van der Waals surface area (Å²) in [4.78, 5) is 4.12. The van der Waals surface area contributed by atoms with E-state index in [9.17, 15) is 0 Å². The molecule has 0 amide bonds. The fraction of sp³-hybridized carbons (Fsp3) is 0.154. The maximum atomic E-state index is 6.15. The molecule has 0 saturated carbocycles. The van der Waals surface area contributed by atoms with E-state index >= 15 is 0 Å². The first-order valence-electron chi connectivity index (χ1n) is 5.21. The fourth-order valence-electron chi connectivity index (χ4n) is 1.63. The van der Waals surface area contributed by atoms with Gasteiger partial charge in [-0.05, 0) is 29.7 Å². The van der Waals surface area contributed by atoms with Crippen LogP contribution in [0.25, 0.3) is 0 Å². The summed E-state index contributed by atoms with van der Waals surface area (Å²) in [7, 11) is 0. The second-order valence-electron chi connectivity index (χ2n) is 3.86. The number of pyridine rings is 1. The number of aryl methyl sites for hydroxylation is 1. The molecule has 1 aromatic heterocycles. The van der Waals surface area contributed by atoms with E-state index in [1.807, 2.05) is 43.3 Å². The molecule has 0 aliphatic heterocycles. The summed E-state index contributed by atoms with van der Waals surface area (Å²) in [6.07, 6.45) is 1.74. The first-order chi connectivity index (χ1) is 7.68. The van der Waals surface area contributed by atoms with Gasteiger partial charge in [-0.1, -0.05) is 30.3 Å². The first-order valence-corrected chi connectivity index (χ1v) is 5.21. The summed E-state index contributed by atoms with van der Waals surface area (Å²) in [6.45, 7) is 1.93. The summed E-state index contributed by atoms with van der Waals surface area (Å²) in [6, 6.07) is 11.8. The zero-order chi connectivity index (χ0) is 11.5. The number of nitrogen functional groups attached to an aromatic ring is 1. The molecule has 0 unspecified atom stereocenters.